The van der Waals surface area contributed by atoms with Gasteiger partial charge < -0.3 is 14.9 Å². The summed E-state index contributed by atoms with van der Waals surface area (Å²) in [5.74, 6) is -0.505. The number of methoxy groups -OCH3 is 1. The van der Waals surface area contributed by atoms with Gasteiger partial charge in [0.05, 0.1) is 7.11 Å². The van der Waals surface area contributed by atoms with Crippen LogP contribution in [0.1, 0.15) is 46.5 Å². The van der Waals surface area contributed by atoms with E-state index in [0.717, 1.165) is 16.9 Å². The lowest BCUT2D eigenvalue weighted by Crippen LogP contribution is -2.22. The van der Waals surface area contributed by atoms with Crippen molar-refractivity contribution >= 4 is 5.97 Å². The van der Waals surface area contributed by atoms with E-state index in [-0.39, 0.29) is 11.3 Å². The molecule has 0 aliphatic carbocycles. The predicted octanol–water partition coefficient (Wildman–Crippen LogP) is 4.04. The number of ether oxygens (including phenoxy) is 1. The third-order valence-electron chi connectivity index (χ3n) is 4.45. The maximum atomic E-state index is 11.5. The fourth-order valence-electron chi connectivity index (χ4n) is 2.98. The molecule has 0 aliphatic heterocycles. The minimum absolute atomic E-state index is 0.0263. The Bertz CT molecular complexity index is 743. The number of rotatable bonds is 4. The van der Waals surface area contributed by atoms with Crippen LogP contribution in [-0.4, -0.2) is 23.3 Å². The van der Waals surface area contributed by atoms with Crippen molar-refractivity contribution in [2.24, 2.45) is 0 Å². The number of carboxylic acid groups (broad SMARTS) is 1. The zero-order chi connectivity index (χ0) is 17.4. The van der Waals surface area contributed by atoms with Gasteiger partial charge in [-0.05, 0) is 48.2 Å². The molecular formula is C19H22O4. The topological polar surface area (TPSA) is 66.8 Å². The summed E-state index contributed by atoms with van der Waals surface area (Å²) in [6.07, 6.45) is 0. The summed E-state index contributed by atoms with van der Waals surface area (Å²) in [6.45, 7) is 7.54. The molecule has 0 bridgehead atoms. The van der Waals surface area contributed by atoms with E-state index in [4.69, 9.17) is 4.74 Å². The Morgan fingerprint density at radius 2 is 1.70 bits per heavy atom. The number of aryl methyl sites for hydroxylation is 1. The molecule has 0 heterocycles. The first-order valence-corrected chi connectivity index (χ1v) is 7.41. The van der Waals surface area contributed by atoms with Gasteiger partial charge in [-0.15, -0.1) is 0 Å². The van der Waals surface area contributed by atoms with Crippen molar-refractivity contribution in [2.45, 2.75) is 33.1 Å². The number of benzene rings is 2. The highest BCUT2D eigenvalue weighted by Gasteiger charge is 2.29. The second-order valence-corrected chi connectivity index (χ2v) is 6.25. The average molecular weight is 314 g/mol. The third kappa shape index (κ3) is 2.89. The van der Waals surface area contributed by atoms with Crippen molar-refractivity contribution in [3.05, 3.63) is 58.1 Å². The van der Waals surface area contributed by atoms with Crippen molar-refractivity contribution in [1.29, 1.82) is 0 Å². The molecule has 0 saturated carbocycles. The number of phenols is 1. The van der Waals surface area contributed by atoms with E-state index in [1.807, 2.05) is 44.2 Å². The number of carbonyl (C=O) groups is 1. The molecule has 122 valence electrons. The van der Waals surface area contributed by atoms with Crippen LogP contribution in [0.3, 0.4) is 0 Å². The van der Waals surface area contributed by atoms with Crippen molar-refractivity contribution in [1.82, 2.24) is 0 Å². The van der Waals surface area contributed by atoms with Gasteiger partial charge in [-0.25, -0.2) is 4.79 Å². The van der Waals surface area contributed by atoms with E-state index in [1.54, 1.807) is 21.0 Å². The summed E-state index contributed by atoms with van der Waals surface area (Å²) in [5.41, 5.74) is 2.64. The molecule has 4 heteroatoms. The van der Waals surface area contributed by atoms with Gasteiger partial charge in [-0.2, -0.15) is 0 Å². The smallest absolute Gasteiger partial charge is 0.339 e. The van der Waals surface area contributed by atoms with Gasteiger partial charge in [0.2, 0.25) is 0 Å². The number of aromatic carboxylic acids is 1. The summed E-state index contributed by atoms with van der Waals surface area (Å²) in [6, 6.07) is 9.58. The number of carboxylic acids is 1. The highest BCUT2D eigenvalue weighted by atomic mass is 16.5. The lowest BCUT2D eigenvalue weighted by atomic mass is 9.74. The van der Waals surface area contributed by atoms with Crippen molar-refractivity contribution in [3.63, 3.8) is 0 Å². The largest absolute Gasteiger partial charge is 0.507 e. The molecule has 0 saturated heterocycles. The molecule has 4 nitrogen and oxygen atoms in total. The molecular weight excluding hydrogens is 292 g/mol. The van der Waals surface area contributed by atoms with Gasteiger partial charge in [0.1, 0.15) is 17.1 Å². The van der Waals surface area contributed by atoms with Gasteiger partial charge >= 0.3 is 5.97 Å². The highest BCUT2D eigenvalue weighted by molar-refractivity contribution is 5.93. The molecule has 0 aromatic heterocycles. The fourth-order valence-corrected chi connectivity index (χ4v) is 2.98. The molecule has 2 rings (SSSR count). The standard InChI is InChI=1S/C19H22O4/c1-11-10-15(12(2)16(17(11)20)18(21)22)19(3,4)13-6-8-14(23-5)9-7-13/h6-10,20H,1-5H3,(H,21,22). The molecule has 0 amide bonds. The lowest BCUT2D eigenvalue weighted by molar-refractivity contribution is 0.0692. The normalized spacial score (nSPS) is 11.3. The van der Waals surface area contributed by atoms with Crippen LogP contribution < -0.4 is 4.74 Å². The first-order valence-electron chi connectivity index (χ1n) is 7.41. The minimum Gasteiger partial charge on any atom is -0.507 e. The molecule has 0 fully saturated rings. The number of hydrogen-bond donors (Lipinski definition) is 2. The van der Waals surface area contributed by atoms with E-state index in [2.05, 4.69) is 0 Å². The van der Waals surface area contributed by atoms with E-state index in [0.29, 0.717) is 11.1 Å². The van der Waals surface area contributed by atoms with Crippen LogP contribution in [0.15, 0.2) is 30.3 Å². The quantitative estimate of drug-likeness (QED) is 0.893. The molecule has 0 atom stereocenters. The molecule has 0 unspecified atom stereocenters. The van der Waals surface area contributed by atoms with E-state index in [9.17, 15) is 15.0 Å². The Morgan fingerprint density at radius 3 is 2.17 bits per heavy atom. The molecule has 2 N–H and O–H groups in total. The van der Waals surface area contributed by atoms with Crippen LogP contribution in [0.5, 0.6) is 11.5 Å². The molecule has 0 spiro atoms. The van der Waals surface area contributed by atoms with Crippen LogP contribution in [0.4, 0.5) is 0 Å². The summed E-state index contributed by atoms with van der Waals surface area (Å²) in [7, 11) is 1.62. The molecule has 2 aromatic carbocycles. The highest BCUT2D eigenvalue weighted by Crippen LogP contribution is 2.39. The molecule has 2 aromatic rings. The van der Waals surface area contributed by atoms with Gasteiger partial charge in [0.15, 0.2) is 0 Å². The zero-order valence-corrected chi connectivity index (χ0v) is 14.1. The summed E-state index contributed by atoms with van der Waals surface area (Å²) in [5, 5.41) is 19.5. The van der Waals surface area contributed by atoms with E-state index < -0.39 is 11.4 Å². The maximum absolute atomic E-state index is 11.5. The zero-order valence-electron chi connectivity index (χ0n) is 14.1. The van der Waals surface area contributed by atoms with Gasteiger partial charge in [-0.1, -0.05) is 32.0 Å². The predicted molar refractivity (Wildman–Crippen MR) is 89.7 cm³/mol. The minimum atomic E-state index is -1.12. The van der Waals surface area contributed by atoms with Crippen molar-refractivity contribution < 1.29 is 19.7 Å². The second kappa shape index (κ2) is 5.95. The van der Waals surface area contributed by atoms with Crippen LogP contribution >= 0.6 is 0 Å². The Morgan fingerprint density at radius 1 is 1.13 bits per heavy atom. The Hall–Kier alpha value is -2.49. The van der Waals surface area contributed by atoms with Crippen LogP contribution in [0.2, 0.25) is 0 Å². The van der Waals surface area contributed by atoms with Gasteiger partial charge in [0.25, 0.3) is 0 Å². The first kappa shape index (κ1) is 16.9. The summed E-state index contributed by atoms with van der Waals surface area (Å²) in [4.78, 5) is 11.5. The first-order chi connectivity index (χ1) is 10.7. The van der Waals surface area contributed by atoms with Crippen molar-refractivity contribution in [3.8, 4) is 11.5 Å². The van der Waals surface area contributed by atoms with E-state index in [1.165, 1.54) is 0 Å². The SMILES string of the molecule is COc1ccc(C(C)(C)c2cc(C)c(O)c(C(=O)O)c2C)cc1. The molecule has 23 heavy (non-hydrogen) atoms. The molecule has 0 aliphatic rings. The third-order valence-corrected chi connectivity index (χ3v) is 4.45. The Labute approximate surface area is 136 Å². The molecule has 0 radical (unpaired) electrons. The second-order valence-electron chi connectivity index (χ2n) is 6.25. The summed E-state index contributed by atoms with van der Waals surface area (Å²) >= 11 is 0. The number of hydrogen-bond acceptors (Lipinski definition) is 3. The van der Waals surface area contributed by atoms with Gasteiger partial charge in [-0.3, -0.25) is 0 Å². The van der Waals surface area contributed by atoms with Crippen LogP contribution in [0, 0.1) is 13.8 Å². The Kier molecular flexibility index (Phi) is 4.37. The summed E-state index contributed by atoms with van der Waals surface area (Å²) < 4.78 is 5.19. The monoisotopic (exact) mass is 314 g/mol. The van der Waals surface area contributed by atoms with Crippen LogP contribution in [0.25, 0.3) is 0 Å². The average Bonchev–Trinajstić information content (AvgIpc) is 2.50. The Balaban J connectivity index is 2.65. The van der Waals surface area contributed by atoms with Crippen LogP contribution in [-0.2, 0) is 5.41 Å². The lowest BCUT2D eigenvalue weighted by Gasteiger charge is -2.29. The van der Waals surface area contributed by atoms with E-state index >= 15 is 0 Å². The fraction of sp³-hybridized carbons (Fsp3) is 0.316. The van der Waals surface area contributed by atoms with Gasteiger partial charge in [0, 0.05) is 5.41 Å². The number of aromatic hydroxyl groups is 1. The van der Waals surface area contributed by atoms with Crippen molar-refractivity contribution in [2.75, 3.05) is 7.11 Å². The maximum Gasteiger partial charge on any atom is 0.339 e.